The molecule has 0 aliphatic heterocycles. The zero-order chi connectivity index (χ0) is 9.14. The predicted molar refractivity (Wildman–Crippen MR) is 51.6 cm³/mol. The number of aromatic nitrogens is 1. The van der Waals surface area contributed by atoms with Crippen LogP contribution in [0, 0.1) is 0 Å². The molecule has 1 rings (SSSR count). The number of carbonyl (C=O) groups is 1. The molecule has 0 saturated heterocycles. The number of hydrogen-bond donors (Lipinski definition) is 0. The Kier molecular flexibility index (Phi) is 3.05. The minimum Gasteiger partial charge on any atom is -0.286 e. The van der Waals surface area contributed by atoms with Crippen LogP contribution >= 0.6 is 27.5 Å². The Balaban J connectivity index is 2.89. The van der Waals surface area contributed by atoms with Gasteiger partial charge in [0.2, 0.25) is 0 Å². The molecule has 0 bridgehead atoms. The number of halogens is 2. The van der Waals surface area contributed by atoms with E-state index in [-0.39, 0.29) is 0 Å². The van der Waals surface area contributed by atoms with Gasteiger partial charge in [-0.05, 0) is 39.7 Å². The van der Waals surface area contributed by atoms with Crippen molar-refractivity contribution in [3.05, 3.63) is 22.8 Å². The van der Waals surface area contributed by atoms with Crippen LogP contribution in [0.3, 0.4) is 0 Å². The van der Waals surface area contributed by atoms with Crippen molar-refractivity contribution in [2.24, 2.45) is 0 Å². The van der Waals surface area contributed by atoms with Gasteiger partial charge in [0.05, 0.1) is 0 Å². The van der Waals surface area contributed by atoms with Gasteiger partial charge in [-0.2, -0.15) is 0 Å². The van der Waals surface area contributed by atoms with E-state index in [1.165, 1.54) is 4.90 Å². The van der Waals surface area contributed by atoms with Crippen LogP contribution < -0.4 is 4.90 Å². The third-order valence-electron chi connectivity index (χ3n) is 1.32. The normalized spacial score (nSPS) is 9.58. The van der Waals surface area contributed by atoms with E-state index < -0.39 is 5.37 Å². The smallest absolute Gasteiger partial charge is 0.286 e. The number of amides is 1. The quantitative estimate of drug-likeness (QED) is 0.566. The third-order valence-corrected chi connectivity index (χ3v) is 2.04. The van der Waals surface area contributed by atoms with Crippen LogP contribution in [0.15, 0.2) is 22.8 Å². The first-order valence-electron chi connectivity index (χ1n) is 3.16. The molecule has 0 unspecified atom stereocenters. The van der Waals surface area contributed by atoms with Gasteiger partial charge in [-0.3, -0.25) is 9.69 Å². The molecule has 0 aliphatic carbocycles. The third kappa shape index (κ3) is 2.19. The molecule has 0 aliphatic rings. The number of carbonyl (C=O) groups excluding carboxylic acids is 1. The highest BCUT2D eigenvalue weighted by Crippen LogP contribution is 2.14. The molecule has 1 aromatic heterocycles. The van der Waals surface area contributed by atoms with Crippen molar-refractivity contribution in [1.82, 2.24) is 4.98 Å². The Morgan fingerprint density at radius 3 is 2.75 bits per heavy atom. The molecular weight excluding hydrogens is 243 g/mol. The molecule has 0 spiro atoms. The summed E-state index contributed by atoms with van der Waals surface area (Å²) in [5.74, 6) is 0.526. The van der Waals surface area contributed by atoms with Gasteiger partial charge in [-0.15, -0.1) is 0 Å². The van der Waals surface area contributed by atoms with Crippen LogP contribution in [0.25, 0.3) is 0 Å². The maximum absolute atomic E-state index is 10.7. The Labute approximate surface area is 83.5 Å². The molecule has 5 heteroatoms. The molecule has 0 radical (unpaired) electrons. The highest BCUT2D eigenvalue weighted by Gasteiger charge is 2.07. The molecule has 3 nitrogen and oxygen atoms in total. The van der Waals surface area contributed by atoms with Gasteiger partial charge >= 0.3 is 5.37 Å². The highest BCUT2D eigenvalue weighted by molar-refractivity contribution is 9.10. The first-order valence-corrected chi connectivity index (χ1v) is 4.33. The lowest BCUT2D eigenvalue weighted by molar-refractivity contribution is 0.265. The van der Waals surface area contributed by atoms with Crippen LogP contribution in [-0.2, 0) is 0 Å². The van der Waals surface area contributed by atoms with Crippen LogP contribution in [0.2, 0.25) is 0 Å². The second-order valence-corrected chi connectivity index (χ2v) is 3.39. The van der Waals surface area contributed by atoms with E-state index >= 15 is 0 Å². The van der Waals surface area contributed by atoms with E-state index in [0.29, 0.717) is 5.82 Å². The van der Waals surface area contributed by atoms with Crippen molar-refractivity contribution >= 4 is 38.7 Å². The molecule has 0 atom stereocenters. The number of hydrogen-bond acceptors (Lipinski definition) is 2. The topological polar surface area (TPSA) is 33.2 Å². The van der Waals surface area contributed by atoms with Crippen LogP contribution in [0.1, 0.15) is 0 Å². The van der Waals surface area contributed by atoms with E-state index in [2.05, 4.69) is 20.9 Å². The zero-order valence-electron chi connectivity index (χ0n) is 6.29. The second kappa shape index (κ2) is 3.87. The number of rotatable bonds is 1. The summed E-state index contributed by atoms with van der Waals surface area (Å²) in [6.07, 6.45) is 1.60. The highest BCUT2D eigenvalue weighted by atomic mass is 79.9. The largest absolute Gasteiger partial charge is 0.321 e. The monoisotopic (exact) mass is 248 g/mol. The average molecular weight is 249 g/mol. The molecule has 12 heavy (non-hydrogen) atoms. The minimum atomic E-state index is -0.551. The summed E-state index contributed by atoms with van der Waals surface area (Å²) in [4.78, 5) is 15.9. The predicted octanol–water partition coefficient (Wildman–Crippen LogP) is 2.64. The second-order valence-electron chi connectivity index (χ2n) is 2.15. The average Bonchev–Trinajstić information content (AvgIpc) is 2.04. The fraction of sp³-hybridized carbons (Fsp3) is 0.143. The summed E-state index contributed by atoms with van der Waals surface area (Å²) in [6.45, 7) is 0. The number of anilines is 1. The van der Waals surface area contributed by atoms with E-state index in [1.807, 2.05) is 0 Å². The summed E-state index contributed by atoms with van der Waals surface area (Å²) in [5.41, 5.74) is 0. The molecule has 0 saturated carbocycles. The van der Waals surface area contributed by atoms with Crippen molar-refractivity contribution in [3.63, 3.8) is 0 Å². The van der Waals surface area contributed by atoms with Gasteiger partial charge in [0, 0.05) is 17.7 Å². The minimum absolute atomic E-state index is 0.526. The van der Waals surface area contributed by atoms with E-state index in [9.17, 15) is 4.79 Å². The number of nitrogens with zero attached hydrogens (tertiary/aromatic N) is 2. The molecule has 0 fully saturated rings. The summed E-state index contributed by atoms with van der Waals surface area (Å²) >= 11 is 8.47. The summed E-state index contributed by atoms with van der Waals surface area (Å²) < 4.78 is 0.863. The van der Waals surface area contributed by atoms with Crippen LogP contribution in [0.5, 0.6) is 0 Å². The SMILES string of the molecule is CN(C(=O)Cl)c1ccc(Br)cn1. The Hall–Kier alpha value is -0.610. The van der Waals surface area contributed by atoms with Crippen LogP contribution in [0.4, 0.5) is 10.6 Å². The fourth-order valence-corrected chi connectivity index (χ4v) is 0.978. The summed E-state index contributed by atoms with van der Waals surface area (Å²) in [6, 6.07) is 3.49. The summed E-state index contributed by atoms with van der Waals surface area (Å²) in [7, 11) is 1.56. The summed E-state index contributed by atoms with van der Waals surface area (Å²) in [5, 5.41) is -0.551. The Morgan fingerprint density at radius 1 is 1.67 bits per heavy atom. The van der Waals surface area contributed by atoms with Gasteiger partial charge in [-0.25, -0.2) is 4.98 Å². The van der Waals surface area contributed by atoms with Crippen molar-refractivity contribution in [2.75, 3.05) is 11.9 Å². The van der Waals surface area contributed by atoms with Crippen molar-refractivity contribution < 1.29 is 4.79 Å². The molecule has 64 valence electrons. The van der Waals surface area contributed by atoms with Gasteiger partial charge in [0.25, 0.3) is 0 Å². The lowest BCUT2D eigenvalue weighted by atomic mass is 10.4. The number of pyridine rings is 1. The molecule has 1 aromatic rings. The first-order chi connectivity index (χ1) is 5.61. The maximum Gasteiger partial charge on any atom is 0.321 e. The lowest BCUT2D eigenvalue weighted by Gasteiger charge is -2.10. The fourth-order valence-electron chi connectivity index (χ4n) is 0.656. The molecule has 0 aromatic carbocycles. The Morgan fingerprint density at radius 2 is 2.33 bits per heavy atom. The first kappa shape index (κ1) is 9.48. The Bertz CT molecular complexity index is 288. The van der Waals surface area contributed by atoms with Gasteiger partial charge in [0.15, 0.2) is 0 Å². The maximum atomic E-state index is 10.7. The molecule has 0 N–H and O–H groups in total. The lowest BCUT2D eigenvalue weighted by Crippen LogP contribution is -2.20. The van der Waals surface area contributed by atoms with Crippen molar-refractivity contribution in [3.8, 4) is 0 Å². The van der Waals surface area contributed by atoms with Crippen molar-refractivity contribution in [1.29, 1.82) is 0 Å². The van der Waals surface area contributed by atoms with E-state index in [1.54, 1.807) is 25.4 Å². The van der Waals surface area contributed by atoms with Gasteiger partial charge in [-0.1, -0.05) is 0 Å². The van der Waals surface area contributed by atoms with Gasteiger partial charge in [0.1, 0.15) is 5.82 Å². The van der Waals surface area contributed by atoms with Crippen LogP contribution in [-0.4, -0.2) is 17.4 Å². The van der Waals surface area contributed by atoms with E-state index in [4.69, 9.17) is 11.6 Å². The standard InChI is InChI=1S/C7H6BrClN2O/c1-11(7(9)12)6-3-2-5(8)4-10-6/h2-4H,1H3. The van der Waals surface area contributed by atoms with Gasteiger partial charge < -0.3 is 0 Å². The zero-order valence-corrected chi connectivity index (χ0v) is 8.63. The molecule has 1 heterocycles. The van der Waals surface area contributed by atoms with E-state index in [0.717, 1.165) is 4.47 Å². The molecular formula is C7H6BrClN2O. The molecule has 1 amide bonds. The van der Waals surface area contributed by atoms with Crippen molar-refractivity contribution in [2.45, 2.75) is 0 Å².